The van der Waals surface area contributed by atoms with Crippen molar-refractivity contribution in [2.24, 2.45) is 5.92 Å². The summed E-state index contributed by atoms with van der Waals surface area (Å²) in [6.45, 7) is 0.827. The van der Waals surface area contributed by atoms with Crippen LogP contribution in [-0.4, -0.2) is 35.8 Å². The van der Waals surface area contributed by atoms with E-state index >= 15 is 0 Å². The molecule has 2 aromatic rings. The Balaban J connectivity index is 1.99. The van der Waals surface area contributed by atoms with Crippen molar-refractivity contribution < 1.29 is 4.79 Å². The van der Waals surface area contributed by atoms with Crippen LogP contribution in [0, 0.1) is 5.92 Å². The Hall–Kier alpha value is -1.87. The lowest BCUT2D eigenvalue weighted by atomic mass is 9.80. The van der Waals surface area contributed by atoms with Gasteiger partial charge in [-0.2, -0.15) is 0 Å². The van der Waals surface area contributed by atoms with Gasteiger partial charge in [0.2, 0.25) is 0 Å². The van der Waals surface area contributed by atoms with Crippen molar-refractivity contribution in [2.75, 3.05) is 13.6 Å². The van der Waals surface area contributed by atoms with E-state index in [1.54, 1.807) is 0 Å². The molecule has 0 saturated carbocycles. The third kappa shape index (κ3) is 1.45. The first-order chi connectivity index (χ1) is 9.28. The normalized spacial score (nSPS) is 26.1. The van der Waals surface area contributed by atoms with Crippen molar-refractivity contribution in [1.29, 1.82) is 0 Å². The summed E-state index contributed by atoms with van der Waals surface area (Å²) in [4.78, 5) is 16.8. The van der Waals surface area contributed by atoms with Crippen molar-refractivity contribution in [3.63, 3.8) is 0 Å². The first-order valence-electron chi connectivity index (χ1n) is 6.74. The Morgan fingerprint density at radius 2 is 2.32 bits per heavy atom. The minimum absolute atomic E-state index is 0.0204. The summed E-state index contributed by atoms with van der Waals surface area (Å²) in [6, 6.07) is 6.79. The Labute approximate surface area is 111 Å². The van der Waals surface area contributed by atoms with E-state index in [2.05, 4.69) is 47.4 Å². The quantitative estimate of drug-likeness (QED) is 0.790. The van der Waals surface area contributed by atoms with Gasteiger partial charge in [0, 0.05) is 35.6 Å². The van der Waals surface area contributed by atoms with Crippen LogP contribution in [0.3, 0.4) is 0 Å². The van der Waals surface area contributed by atoms with E-state index in [0.29, 0.717) is 6.04 Å². The van der Waals surface area contributed by atoms with Crippen LogP contribution in [0.5, 0.6) is 0 Å². The molecule has 1 aromatic heterocycles. The molecule has 3 nitrogen and oxygen atoms in total. The fourth-order valence-electron chi connectivity index (χ4n) is 3.57. The number of aromatic amines is 1. The highest BCUT2D eigenvalue weighted by atomic mass is 16.1. The van der Waals surface area contributed by atoms with Crippen molar-refractivity contribution >= 4 is 22.8 Å². The third-order valence-corrected chi connectivity index (χ3v) is 4.47. The third-order valence-electron chi connectivity index (χ3n) is 4.47. The van der Waals surface area contributed by atoms with Gasteiger partial charge in [-0.15, -0.1) is 0 Å². The molecule has 1 aliphatic carbocycles. The van der Waals surface area contributed by atoms with E-state index in [1.807, 2.05) is 0 Å². The number of benzene rings is 1. The fraction of sp³-hybridized carbons (Fsp3) is 0.312. The van der Waals surface area contributed by atoms with Crippen LogP contribution >= 0.6 is 0 Å². The van der Waals surface area contributed by atoms with Crippen molar-refractivity contribution in [3.8, 4) is 0 Å². The number of rotatable bonds is 1. The number of aldehydes is 1. The number of carbonyl (C=O) groups excluding carboxylic acids is 1. The van der Waals surface area contributed by atoms with Gasteiger partial charge in [0.05, 0.1) is 0 Å². The molecule has 0 bridgehead atoms. The number of carbonyl (C=O) groups is 1. The van der Waals surface area contributed by atoms with E-state index in [9.17, 15) is 4.79 Å². The molecule has 0 saturated heterocycles. The van der Waals surface area contributed by atoms with E-state index in [4.69, 9.17) is 0 Å². The van der Waals surface area contributed by atoms with Crippen LogP contribution in [0.1, 0.15) is 11.1 Å². The maximum Gasteiger partial charge on any atom is 0.128 e. The molecule has 96 valence electrons. The second-order valence-electron chi connectivity index (χ2n) is 5.62. The average molecular weight is 252 g/mol. The second-order valence-corrected chi connectivity index (χ2v) is 5.62. The standard InChI is InChI=1S/C16H16N2O/c1-18-8-10(9-19)5-13-12-3-2-4-14-16(12)11(7-17-14)6-15(13)18/h2-5,7,9-10,15,17H,6,8H2,1H3/t10?,15-/m1/s1. The zero-order valence-electron chi connectivity index (χ0n) is 10.9. The zero-order valence-corrected chi connectivity index (χ0v) is 10.9. The smallest absolute Gasteiger partial charge is 0.128 e. The predicted octanol–water partition coefficient (Wildman–Crippen LogP) is 2.24. The summed E-state index contributed by atoms with van der Waals surface area (Å²) in [5, 5.41) is 1.34. The highest BCUT2D eigenvalue weighted by Crippen LogP contribution is 2.40. The minimum Gasteiger partial charge on any atom is -0.361 e. The van der Waals surface area contributed by atoms with Gasteiger partial charge in [-0.3, -0.25) is 4.90 Å². The molecule has 1 aromatic carbocycles. The molecule has 0 radical (unpaired) electrons. The number of fused-ring (bicyclic) bond motifs is 2. The van der Waals surface area contributed by atoms with Gasteiger partial charge in [0.1, 0.15) is 6.29 Å². The van der Waals surface area contributed by atoms with Crippen LogP contribution in [0.25, 0.3) is 16.5 Å². The SMILES string of the molecule is CN1CC(C=O)C=C2c3cccc4[nH]cc(c34)C[C@H]21. The van der Waals surface area contributed by atoms with E-state index in [1.165, 1.54) is 27.6 Å². The Morgan fingerprint density at radius 1 is 1.42 bits per heavy atom. The Morgan fingerprint density at radius 3 is 3.16 bits per heavy atom. The highest BCUT2D eigenvalue weighted by Gasteiger charge is 2.33. The van der Waals surface area contributed by atoms with Gasteiger partial charge >= 0.3 is 0 Å². The highest BCUT2D eigenvalue weighted by molar-refractivity contribution is 5.98. The molecule has 0 amide bonds. The van der Waals surface area contributed by atoms with Crippen molar-refractivity contribution in [2.45, 2.75) is 12.5 Å². The number of nitrogens with one attached hydrogen (secondary N) is 1. The molecular weight excluding hydrogens is 236 g/mol. The van der Waals surface area contributed by atoms with E-state index in [0.717, 1.165) is 19.3 Å². The van der Waals surface area contributed by atoms with Crippen LogP contribution < -0.4 is 0 Å². The Bertz CT molecular complexity index is 698. The number of hydrogen-bond acceptors (Lipinski definition) is 2. The number of aromatic nitrogens is 1. The van der Waals surface area contributed by atoms with Gasteiger partial charge in [-0.1, -0.05) is 18.2 Å². The molecule has 1 aliphatic heterocycles. The maximum atomic E-state index is 11.1. The van der Waals surface area contributed by atoms with E-state index in [-0.39, 0.29) is 5.92 Å². The molecule has 2 aliphatic rings. The molecule has 4 rings (SSSR count). The summed E-state index contributed by atoms with van der Waals surface area (Å²) in [6.07, 6.45) is 6.39. The summed E-state index contributed by atoms with van der Waals surface area (Å²) >= 11 is 0. The fourth-order valence-corrected chi connectivity index (χ4v) is 3.57. The van der Waals surface area contributed by atoms with Gasteiger partial charge in [-0.25, -0.2) is 0 Å². The number of H-pyrrole nitrogens is 1. The summed E-state index contributed by atoms with van der Waals surface area (Å²) in [7, 11) is 2.12. The lowest BCUT2D eigenvalue weighted by Crippen LogP contribution is -2.42. The van der Waals surface area contributed by atoms with Crippen LogP contribution in [0.4, 0.5) is 0 Å². The van der Waals surface area contributed by atoms with Crippen LogP contribution in [-0.2, 0) is 11.2 Å². The molecule has 1 N–H and O–H groups in total. The van der Waals surface area contributed by atoms with Gasteiger partial charge in [0.15, 0.2) is 0 Å². The number of nitrogens with zero attached hydrogens (tertiary/aromatic N) is 1. The second kappa shape index (κ2) is 3.81. The molecule has 3 heteroatoms. The molecule has 1 unspecified atom stereocenters. The summed E-state index contributed by atoms with van der Waals surface area (Å²) < 4.78 is 0. The first kappa shape index (κ1) is 11.0. The van der Waals surface area contributed by atoms with Gasteiger partial charge in [0.25, 0.3) is 0 Å². The predicted molar refractivity (Wildman–Crippen MR) is 76.0 cm³/mol. The van der Waals surface area contributed by atoms with Crippen LogP contribution in [0.15, 0.2) is 30.5 Å². The lowest BCUT2D eigenvalue weighted by molar-refractivity contribution is -0.110. The molecular formula is C16H16N2O. The minimum atomic E-state index is 0.0204. The Kier molecular flexibility index (Phi) is 2.21. The summed E-state index contributed by atoms with van der Waals surface area (Å²) in [5.74, 6) is 0.0204. The topological polar surface area (TPSA) is 36.1 Å². The van der Waals surface area contributed by atoms with Gasteiger partial charge in [-0.05, 0) is 36.2 Å². The number of likely N-dealkylation sites (N-methyl/N-ethyl adjacent to an activating group) is 1. The van der Waals surface area contributed by atoms with Crippen molar-refractivity contribution in [1.82, 2.24) is 9.88 Å². The average Bonchev–Trinajstić information content (AvgIpc) is 2.85. The van der Waals surface area contributed by atoms with Crippen molar-refractivity contribution in [3.05, 3.63) is 41.6 Å². The largest absolute Gasteiger partial charge is 0.361 e. The number of hydrogen-bond donors (Lipinski definition) is 1. The zero-order chi connectivity index (χ0) is 13.0. The summed E-state index contributed by atoms with van der Waals surface area (Å²) in [5.41, 5.74) is 5.21. The molecule has 0 spiro atoms. The monoisotopic (exact) mass is 252 g/mol. The van der Waals surface area contributed by atoms with E-state index < -0.39 is 0 Å². The lowest BCUT2D eigenvalue weighted by Gasteiger charge is -2.38. The first-order valence-corrected chi connectivity index (χ1v) is 6.74. The molecule has 19 heavy (non-hydrogen) atoms. The van der Waals surface area contributed by atoms with Crippen LogP contribution in [0.2, 0.25) is 0 Å². The maximum absolute atomic E-state index is 11.1. The molecule has 2 atom stereocenters. The molecule has 2 heterocycles. The van der Waals surface area contributed by atoms with Gasteiger partial charge < -0.3 is 9.78 Å². The molecule has 0 fully saturated rings.